The van der Waals surface area contributed by atoms with E-state index in [0.717, 1.165) is 10.9 Å². The fourth-order valence-electron chi connectivity index (χ4n) is 2.97. The smallest absolute Gasteiger partial charge is 0.258 e. The monoisotopic (exact) mass is 344 g/mol. The Morgan fingerprint density at radius 3 is 2.65 bits per heavy atom. The van der Waals surface area contributed by atoms with Crippen molar-refractivity contribution in [2.24, 2.45) is 0 Å². The predicted octanol–water partition coefficient (Wildman–Crippen LogP) is 4.76. The molecule has 5 heteroatoms. The summed E-state index contributed by atoms with van der Waals surface area (Å²) in [6, 6.07) is 17.9. The van der Waals surface area contributed by atoms with Crippen molar-refractivity contribution in [1.29, 1.82) is 0 Å². The number of nitrogens with one attached hydrogen (secondary N) is 1. The Morgan fingerprint density at radius 1 is 1.04 bits per heavy atom. The normalized spacial score (nSPS) is 10.8. The highest BCUT2D eigenvalue weighted by molar-refractivity contribution is 6.12. The van der Waals surface area contributed by atoms with E-state index in [4.69, 9.17) is 4.42 Å². The zero-order valence-corrected chi connectivity index (χ0v) is 14.1. The van der Waals surface area contributed by atoms with Gasteiger partial charge in [0.2, 0.25) is 5.88 Å². The molecule has 2 aromatic heterocycles. The molecule has 4 rings (SSSR count). The number of anilines is 1. The lowest BCUT2D eigenvalue weighted by Crippen LogP contribution is -2.12. The summed E-state index contributed by atoms with van der Waals surface area (Å²) in [5.41, 5.74) is 2.48. The number of phenolic OH excluding ortho intramolecular Hbond substituents is 1. The number of pyridine rings is 1. The molecule has 0 spiro atoms. The van der Waals surface area contributed by atoms with Gasteiger partial charge in [0.05, 0.1) is 11.1 Å². The van der Waals surface area contributed by atoms with Crippen molar-refractivity contribution < 1.29 is 14.3 Å². The van der Waals surface area contributed by atoms with Gasteiger partial charge in [0.15, 0.2) is 0 Å². The van der Waals surface area contributed by atoms with E-state index in [1.54, 1.807) is 43.5 Å². The molecule has 2 N–H and O–H groups in total. The second-order valence-corrected chi connectivity index (χ2v) is 5.95. The number of para-hydroxylation sites is 2. The van der Waals surface area contributed by atoms with Crippen LogP contribution in [0.15, 0.2) is 71.3 Å². The summed E-state index contributed by atoms with van der Waals surface area (Å²) < 4.78 is 5.67. The van der Waals surface area contributed by atoms with E-state index in [-0.39, 0.29) is 11.7 Å². The molecule has 0 aliphatic heterocycles. The van der Waals surface area contributed by atoms with E-state index < -0.39 is 0 Å². The van der Waals surface area contributed by atoms with Gasteiger partial charge in [0.25, 0.3) is 5.91 Å². The van der Waals surface area contributed by atoms with Crippen molar-refractivity contribution >= 4 is 22.7 Å². The predicted molar refractivity (Wildman–Crippen MR) is 100 cm³/mol. The molecule has 26 heavy (non-hydrogen) atoms. The third-order valence-corrected chi connectivity index (χ3v) is 4.17. The Hall–Kier alpha value is -3.60. The van der Waals surface area contributed by atoms with Crippen molar-refractivity contribution in [1.82, 2.24) is 4.98 Å². The molecule has 0 aliphatic carbocycles. The maximum absolute atomic E-state index is 12.8. The van der Waals surface area contributed by atoms with Crippen molar-refractivity contribution in [3.05, 3.63) is 78.2 Å². The first-order chi connectivity index (χ1) is 12.6. The van der Waals surface area contributed by atoms with Gasteiger partial charge in [-0.3, -0.25) is 15.1 Å². The SMILES string of the molecule is Cc1cc(-c2ccccc2O)c(NC(=O)c2ccnc3ccccc23)o1. The highest BCUT2D eigenvalue weighted by Crippen LogP contribution is 2.37. The number of aryl methyl sites for hydroxylation is 1. The molecule has 5 nitrogen and oxygen atoms in total. The Morgan fingerprint density at radius 2 is 1.81 bits per heavy atom. The van der Waals surface area contributed by atoms with Gasteiger partial charge in [-0.1, -0.05) is 36.4 Å². The number of amides is 1. The second-order valence-electron chi connectivity index (χ2n) is 5.95. The van der Waals surface area contributed by atoms with Gasteiger partial charge in [-0.2, -0.15) is 0 Å². The lowest BCUT2D eigenvalue weighted by atomic mass is 10.1. The highest BCUT2D eigenvalue weighted by atomic mass is 16.4. The van der Waals surface area contributed by atoms with E-state index in [2.05, 4.69) is 10.3 Å². The van der Waals surface area contributed by atoms with Crippen LogP contribution in [-0.4, -0.2) is 16.0 Å². The number of carbonyl (C=O) groups excluding carboxylic acids is 1. The Kier molecular flexibility index (Phi) is 3.89. The number of furan rings is 1. The van der Waals surface area contributed by atoms with Gasteiger partial charge in [-0.05, 0) is 31.2 Å². The van der Waals surface area contributed by atoms with Crippen LogP contribution in [0.3, 0.4) is 0 Å². The number of fused-ring (bicyclic) bond motifs is 1. The molecule has 128 valence electrons. The van der Waals surface area contributed by atoms with E-state index in [0.29, 0.717) is 28.3 Å². The maximum atomic E-state index is 12.8. The van der Waals surface area contributed by atoms with Crippen LogP contribution in [0, 0.1) is 6.92 Å². The van der Waals surface area contributed by atoms with Crippen molar-refractivity contribution in [2.75, 3.05) is 5.32 Å². The molecule has 2 heterocycles. The van der Waals surface area contributed by atoms with Crippen LogP contribution in [0.2, 0.25) is 0 Å². The topological polar surface area (TPSA) is 75.4 Å². The van der Waals surface area contributed by atoms with Crippen LogP contribution in [-0.2, 0) is 0 Å². The van der Waals surface area contributed by atoms with Crippen molar-refractivity contribution in [2.45, 2.75) is 6.92 Å². The molecule has 0 saturated heterocycles. The number of aromatic hydroxyl groups is 1. The third kappa shape index (κ3) is 2.80. The highest BCUT2D eigenvalue weighted by Gasteiger charge is 2.18. The molecule has 1 amide bonds. The zero-order valence-electron chi connectivity index (χ0n) is 14.1. The lowest BCUT2D eigenvalue weighted by molar-refractivity contribution is 0.102. The standard InChI is InChI=1S/C21H16N2O3/c1-13-12-17(15-7-3-5-9-19(15)24)21(26-13)23-20(25)16-10-11-22-18-8-4-2-6-14(16)18/h2-12,24H,1H3,(H,23,25). The molecule has 0 saturated carbocycles. The van der Waals surface area contributed by atoms with Gasteiger partial charge in [0, 0.05) is 22.7 Å². The number of phenols is 1. The van der Waals surface area contributed by atoms with E-state index in [9.17, 15) is 9.90 Å². The minimum atomic E-state index is -0.297. The number of hydrogen-bond acceptors (Lipinski definition) is 4. The van der Waals surface area contributed by atoms with Crippen LogP contribution in [0.5, 0.6) is 5.75 Å². The minimum Gasteiger partial charge on any atom is -0.507 e. The maximum Gasteiger partial charge on any atom is 0.258 e. The molecule has 0 atom stereocenters. The van der Waals surface area contributed by atoms with E-state index >= 15 is 0 Å². The van der Waals surface area contributed by atoms with Gasteiger partial charge in [0.1, 0.15) is 11.5 Å². The van der Waals surface area contributed by atoms with Crippen LogP contribution in [0.25, 0.3) is 22.0 Å². The molecule has 0 fully saturated rings. The number of nitrogens with zero attached hydrogens (tertiary/aromatic N) is 1. The summed E-state index contributed by atoms with van der Waals surface area (Å²) in [6.45, 7) is 1.79. The van der Waals surface area contributed by atoms with Crippen molar-refractivity contribution in [3.63, 3.8) is 0 Å². The summed E-state index contributed by atoms with van der Waals surface area (Å²) in [6.07, 6.45) is 1.61. The van der Waals surface area contributed by atoms with Crippen LogP contribution >= 0.6 is 0 Å². The van der Waals surface area contributed by atoms with E-state index in [1.807, 2.05) is 30.3 Å². The largest absolute Gasteiger partial charge is 0.507 e. The Balaban J connectivity index is 1.74. The first-order valence-electron chi connectivity index (χ1n) is 8.17. The first-order valence-corrected chi connectivity index (χ1v) is 8.17. The summed E-state index contributed by atoms with van der Waals surface area (Å²) in [7, 11) is 0. The van der Waals surface area contributed by atoms with Crippen molar-refractivity contribution in [3.8, 4) is 16.9 Å². The van der Waals surface area contributed by atoms with Gasteiger partial charge < -0.3 is 9.52 Å². The summed E-state index contributed by atoms with van der Waals surface area (Å²) in [5.74, 6) is 0.765. The number of rotatable bonds is 3. The molecular formula is C21H16N2O3. The summed E-state index contributed by atoms with van der Waals surface area (Å²) >= 11 is 0. The number of benzene rings is 2. The molecule has 0 bridgehead atoms. The first kappa shape index (κ1) is 15.9. The lowest BCUT2D eigenvalue weighted by Gasteiger charge is -2.08. The van der Waals surface area contributed by atoms with Gasteiger partial charge in [-0.15, -0.1) is 0 Å². The Bertz CT molecular complexity index is 1110. The van der Waals surface area contributed by atoms with Gasteiger partial charge in [-0.25, -0.2) is 0 Å². The molecule has 0 unspecified atom stereocenters. The minimum absolute atomic E-state index is 0.123. The Labute approximate surface area is 149 Å². The summed E-state index contributed by atoms with van der Waals surface area (Å²) in [4.78, 5) is 17.1. The molecule has 4 aromatic rings. The molecule has 0 radical (unpaired) electrons. The average molecular weight is 344 g/mol. The average Bonchev–Trinajstić information content (AvgIpc) is 3.01. The fraction of sp³-hybridized carbons (Fsp3) is 0.0476. The second kappa shape index (κ2) is 6.37. The number of aromatic nitrogens is 1. The molecule has 0 aliphatic rings. The van der Waals surface area contributed by atoms with Crippen LogP contribution in [0.1, 0.15) is 16.1 Å². The molecule has 2 aromatic carbocycles. The molecular weight excluding hydrogens is 328 g/mol. The number of carbonyl (C=O) groups is 1. The quantitative estimate of drug-likeness (QED) is 0.562. The van der Waals surface area contributed by atoms with Crippen LogP contribution < -0.4 is 5.32 Å². The summed E-state index contributed by atoms with van der Waals surface area (Å²) in [5, 5.41) is 13.7. The van der Waals surface area contributed by atoms with E-state index in [1.165, 1.54) is 0 Å². The number of hydrogen-bond donors (Lipinski definition) is 2. The van der Waals surface area contributed by atoms with Gasteiger partial charge >= 0.3 is 0 Å². The zero-order chi connectivity index (χ0) is 18.1. The van der Waals surface area contributed by atoms with Crippen LogP contribution in [0.4, 0.5) is 5.88 Å². The fourth-order valence-corrected chi connectivity index (χ4v) is 2.97. The third-order valence-electron chi connectivity index (χ3n) is 4.17.